The maximum atomic E-state index is 11.4. The van der Waals surface area contributed by atoms with Crippen molar-refractivity contribution in [2.75, 3.05) is 0 Å². The Hall–Kier alpha value is -0.660. The van der Waals surface area contributed by atoms with Crippen molar-refractivity contribution in [2.24, 2.45) is 11.8 Å². The maximum Gasteiger partial charge on any atom is 0.135 e. The predicted molar refractivity (Wildman–Crippen MR) is 76.6 cm³/mol. The molecule has 0 aliphatic carbocycles. The molecule has 0 rings (SSSR count). The molecule has 0 aromatic carbocycles. The highest BCUT2D eigenvalue weighted by atomic mass is 16.1. The number of unbranched alkanes of at least 4 members (excludes halogenated alkanes) is 5. The first kappa shape index (κ1) is 17.3. The van der Waals surface area contributed by atoms with Gasteiger partial charge in [0.15, 0.2) is 0 Å². The number of ketones is 2. The van der Waals surface area contributed by atoms with Crippen LogP contribution in [-0.2, 0) is 9.59 Å². The molecule has 2 heteroatoms. The van der Waals surface area contributed by atoms with Crippen molar-refractivity contribution in [3.8, 4) is 0 Å². The van der Waals surface area contributed by atoms with Gasteiger partial charge in [-0.05, 0) is 12.8 Å². The van der Waals surface area contributed by atoms with Gasteiger partial charge in [0, 0.05) is 24.7 Å². The Balaban J connectivity index is 3.27. The molecule has 0 amide bonds. The molecule has 0 aromatic rings. The monoisotopic (exact) mass is 254 g/mol. The van der Waals surface area contributed by atoms with Gasteiger partial charge in [0.1, 0.15) is 11.6 Å². The zero-order valence-electron chi connectivity index (χ0n) is 12.6. The highest BCUT2D eigenvalue weighted by Gasteiger charge is 2.07. The number of Topliss-reactive ketones (excluding diaryl/α,β-unsaturated/α-hetero) is 2. The van der Waals surface area contributed by atoms with Crippen LogP contribution in [0.1, 0.15) is 79.1 Å². The molecule has 0 saturated carbocycles. The van der Waals surface area contributed by atoms with Crippen LogP contribution in [0, 0.1) is 11.8 Å². The third kappa shape index (κ3) is 9.38. The van der Waals surface area contributed by atoms with E-state index < -0.39 is 0 Å². The fourth-order valence-corrected chi connectivity index (χ4v) is 1.88. The Labute approximate surface area is 113 Å². The maximum absolute atomic E-state index is 11.4. The Morgan fingerprint density at radius 2 is 0.889 bits per heavy atom. The minimum Gasteiger partial charge on any atom is -0.299 e. The molecule has 0 saturated heterocycles. The van der Waals surface area contributed by atoms with Gasteiger partial charge >= 0.3 is 0 Å². The predicted octanol–water partition coefficient (Wildman–Crippen LogP) is 4.56. The molecule has 0 atom stereocenters. The van der Waals surface area contributed by atoms with E-state index in [1.54, 1.807) is 0 Å². The summed E-state index contributed by atoms with van der Waals surface area (Å²) in [7, 11) is 0. The first-order valence-corrected chi connectivity index (χ1v) is 7.50. The normalized spacial score (nSPS) is 11.2. The van der Waals surface area contributed by atoms with E-state index in [1.165, 1.54) is 12.8 Å². The van der Waals surface area contributed by atoms with Crippen LogP contribution in [0.4, 0.5) is 0 Å². The van der Waals surface area contributed by atoms with E-state index in [0.717, 1.165) is 38.5 Å². The number of hydrogen-bond acceptors (Lipinski definition) is 2. The van der Waals surface area contributed by atoms with E-state index in [1.807, 2.05) is 27.7 Å². The van der Waals surface area contributed by atoms with Crippen LogP contribution in [0.15, 0.2) is 0 Å². The standard InChI is InChI=1S/C16H30O2/c1-13(2)15(17)11-9-7-5-6-8-10-12-16(18)14(3)4/h13-14H,5-12H2,1-4H3. The summed E-state index contributed by atoms with van der Waals surface area (Å²) in [6.07, 6.45) is 8.23. The van der Waals surface area contributed by atoms with Crippen LogP contribution in [0.5, 0.6) is 0 Å². The lowest BCUT2D eigenvalue weighted by atomic mass is 10.00. The summed E-state index contributed by atoms with van der Waals surface area (Å²) < 4.78 is 0. The average molecular weight is 254 g/mol. The van der Waals surface area contributed by atoms with Crippen LogP contribution in [-0.4, -0.2) is 11.6 Å². The first-order valence-electron chi connectivity index (χ1n) is 7.50. The molecule has 0 heterocycles. The molecule has 0 spiro atoms. The average Bonchev–Trinajstić information content (AvgIpc) is 2.31. The lowest BCUT2D eigenvalue weighted by Crippen LogP contribution is -2.06. The van der Waals surface area contributed by atoms with Crippen LogP contribution in [0.3, 0.4) is 0 Å². The van der Waals surface area contributed by atoms with E-state index in [0.29, 0.717) is 11.6 Å². The molecule has 0 unspecified atom stereocenters. The van der Waals surface area contributed by atoms with Gasteiger partial charge in [-0.3, -0.25) is 9.59 Å². The second-order valence-corrected chi connectivity index (χ2v) is 5.86. The number of carbonyl (C=O) groups excluding carboxylic acids is 2. The SMILES string of the molecule is CC(C)C(=O)CCCCCCCCC(=O)C(C)C. The van der Waals surface area contributed by atoms with Crippen molar-refractivity contribution in [3.05, 3.63) is 0 Å². The molecule has 0 bridgehead atoms. The van der Waals surface area contributed by atoms with Crippen molar-refractivity contribution >= 4 is 11.6 Å². The third-order valence-electron chi connectivity index (χ3n) is 3.38. The molecule has 106 valence electrons. The molecule has 0 aliphatic rings. The van der Waals surface area contributed by atoms with Crippen molar-refractivity contribution in [2.45, 2.75) is 79.1 Å². The second kappa shape index (κ2) is 10.3. The van der Waals surface area contributed by atoms with Gasteiger partial charge in [-0.15, -0.1) is 0 Å². The van der Waals surface area contributed by atoms with Crippen molar-refractivity contribution in [1.82, 2.24) is 0 Å². The smallest absolute Gasteiger partial charge is 0.135 e. The molecular weight excluding hydrogens is 224 g/mol. The van der Waals surface area contributed by atoms with Gasteiger partial charge in [-0.25, -0.2) is 0 Å². The minimum atomic E-state index is 0.187. The van der Waals surface area contributed by atoms with E-state index in [9.17, 15) is 9.59 Å². The summed E-state index contributed by atoms with van der Waals surface area (Å²) in [5.74, 6) is 1.15. The van der Waals surface area contributed by atoms with Gasteiger partial charge in [0.2, 0.25) is 0 Å². The first-order chi connectivity index (χ1) is 8.45. The zero-order valence-corrected chi connectivity index (χ0v) is 12.6. The summed E-state index contributed by atoms with van der Waals surface area (Å²) in [6.45, 7) is 7.87. The molecule has 0 N–H and O–H groups in total. The fourth-order valence-electron chi connectivity index (χ4n) is 1.88. The summed E-state index contributed by atoms with van der Waals surface area (Å²) in [5.41, 5.74) is 0. The summed E-state index contributed by atoms with van der Waals surface area (Å²) in [5, 5.41) is 0. The third-order valence-corrected chi connectivity index (χ3v) is 3.38. The molecule has 18 heavy (non-hydrogen) atoms. The highest BCUT2D eigenvalue weighted by molar-refractivity contribution is 5.80. The van der Waals surface area contributed by atoms with Crippen LogP contribution >= 0.6 is 0 Å². The molecule has 0 aromatic heterocycles. The molecular formula is C16H30O2. The van der Waals surface area contributed by atoms with Crippen LogP contribution in [0.25, 0.3) is 0 Å². The van der Waals surface area contributed by atoms with Crippen LogP contribution < -0.4 is 0 Å². The molecule has 0 aliphatic heterocycles. The van der Waals surface area contributed by atoms with Crippen molar-refractivity contribution in [3.63, 3.8) is 0 Å². The molecule has 2 nitrogen and oxygen atoms in total. The van der Waals surface area contributed by atoms with Gasteiger partial charge in [0.05, 0.1) is 0 Å². The van der Waals surface area contributed by atoms with Gasteiger partial charge in [-0.2, -0.15) is 0 Å². The van der Waals surface area contributed by atoms with Crippen LogP contribution in [0.2, 0.25) is 0 Å². The molecule has 0 radical (unpaired) electrons. The Morgan fingerprint density at radius 3 is 1.17 bits per heavy atom. The minimum absolute atomic E-state index is 0.187. The largest absolute Gasteiger partial charge is 0.299 e. The summed E-state index contributed by atoms with van der Waals surface area (Å²) in [4.78, 5) is 22.8. The number of carbonyl (C=O) groups is 2. The fraction of sp³-hybridized carbons (Fsp3) is 0.875. The van der Waals surface area contributed by atoms with E-state index in [2.05, 4.69) is 0 Å². The van der Waals surface area contributed by atoms with Gasteiger partial charge in [-0.1, -0.05) is 53.4 Å². The summed E-state index contributed by atoms with van der Waals surface area (Å²) in [6, 6.07) is 0. The van der Waals surface area contributed by atoms with Gasteiger partial charge < -0.3 is 0 Å². The molecule has 0 fully saturated rings. The Bertz CT molecular complexity index is 215. The lowest BCUT2D eigenvalue weighted by Gasteiger charge is -2.05. The van der Waals surface area contributed by atoms with E-state index in [4.69, 9.17) is 0 Å². The second-order valence-electron chi connectivity index (χ2n) is 5.86. The van der Waals surface area contributed by atoms with Crippen molar-refractivity contribution in [1.29, 1.82) is 0 Å². The quantitative estimate of drug-likeness (QED) is 0.507. The number of hydrogen-bond donors (Lipinski definition) is 0. The Kier molecular flexibility index (Phi) is 9.90. The van der Waals surface area contributed by atoms with Gasteiger partial charge in [0.25, 0.3) is 0 Å². The zero-order chi connectivity index (χ0) is 14.0. The number of rotatable bonds is 11. The van der Waals surface area contributed by atoms with Crippen molar-refractivity contribution < 1.29 is 9.59 Å². The topological polar surface area (TPSA) is 34.1 Å². The highest BCUT2D eigenvalue weighted by Crippen LogP contribution is 2.12. The summed E-state index contributed by atoms with van der Waals surface area (Å²) >= 11 is 0. The van der Waals surface area contributed by atoms with E-state index >= 15 is 0 Å². The van der Waals surface area contributed by atoms with E-state index in [-0.39, 0.29) is 11.8 Å². The lowest BCUT2D eigenvalue weighted by molar-refractivity contribution is -0.122. The Morgan fingerprint density at radius 1 is 0.611 bits per heavy atom.